The summed E-state index contributed by atoms with van der Waals surface area (Å²) < 4.78 is 49.0. The van der Waals surface area contributed by atoms with Gasteiger partial charge in [-0.05, 0) is 7.05 Å². The summed E-state index contributed by atoms with van der Waals surface area (Å²) in [6.45, 7) is 20.0. The Balaban J connectivity index is -0.000000115. The van der Waals surface area contributed by atoms with Crippen molar-refractivity contribution in [2.24, 2.45) is 5.73 Å². The molecule has 4 heteroatoms. The van der Waals surface area contributed by atoms with Gasteiger partial charge in [0.15, 0.2) is 7.05 Å². The van der Waals surface area contributed by atoms with Crippen molar-refractivity contribution in [1.82, 2.24) is 0 Å². The summed E-state index contributed by atoms with van der Waals surface area (Å²) in [5, 5.41) is 8.81. The predicted octanol–water partition coefficient (Wildman–Crippen LogP) is 16.4. The first kappa shape index (κ1) is 49.9. The van der Waals surface area contributed by atoms with Gasteiger partial charge in [-0.1, -0.05) is 324 Å². The normalized spacial score (nSPS) is 8.53. The van der Waals surface area contributed by atoms with Gasteiger partial charge in [0.05, 0.1) is 9.60 Å². The number of nitrogens with two attached hydrogens (primary N) is 1. The summed E-state index contributed by atoms with van der Waals surface area (Å²) in [6.07, 6.45) is 0. The maximum absolute atomic E-state index is 8.81. The van der Waals surface area contributed by atoms with Crippen LogP contribution in [0.1, 0.15) is 78.8 Å². The number of hydrogen-bond donors (Lipinski definition) is 1. The molecule has 7 aromatic rings. The fraction of sp³-hybridized carbons (Fsp3) is 0.222. The summed E-state index contributed by atoms with van der Waals surface area (Å²) >= 11 is 0. The zero-order chi connectivity index (χ0) is 51.4. The highest BCUT2D eigenvalue weighted by Crippen LogP contribution is 1.83. The van der Waals surface area contributed by atoms with E-state index < -0.39 is 4.92 Å². The molecule has 0 saturated heterocycles. The second-order valence-corrected chi connectivity index (χ2v) is 7.98. The van der Waals surface area contributed by atoms with Gasteiger partial charge in [0, 0.05) is 4.92 Å². The molecule has 0 heterocycles. The van der Waals surface area contributed by atoms with Gasteiger partial charge < -0.3 is 5.73 Å². The summed E-state index contributed by atoms with van der Waals surface area (Å²) in [6, 6.07) is 67.7. The Kier molecular flexibility index (Phi) is 72.1. The first-order valence-corrected chi connectivity index (χ1v) is 19.8. The van der Waals surface area contributed by atoms with Crippen LogP contribution in [0.3, 0.4) is 0 Å². The smallest absolute Gasteiger partial charge is 0.194 e. The molecule has 0 aliphatic heterocycles. The quantitative estimate of drug-likeness (QED) is 0.123. The summed E-state index contributed by atoms with van der Waals surface area (Å²) in [5.74, 6) is 0. The van der Waals surface area contributed by atoms with Crippen LogP contribution in [0.25, 0.3) is 0 Å². The third-order valence-electron chi connectivity index (χ3n) is 4.25. The molecule has 58 heavy (non-hydrogen) atoms. The van der Waals surface area contributed by atoms with E-state index in [2.05, 4.69) is 5.73 Å². The van der Waals surface area contributed by atoms with E-state index in [-0.39, 0.29) is 0 Å². The minimum Gasteiger partial charge on any atom is -0.333 e. The van der Waals surface area contributed by atoms with Crippen molar-refractivity contribution in [2.45, 2.75) is 69.2 Å². The first-order chi connectivity index (χ1) is 31.5. The predicted molar refractivity (Wildman–Crippen MR) is 265 cm³/mol. The Bertz CT molecular complexity index is 1430. The minimum atomic E-state index is -0.500. The van der Waals surface area contributed by atoms with E-state index in [1.165, 1.54) is 7.05 Å². The molecule has 0 bridgehead atoms. The molecule has 0 radical (unpaired) electrons. The van der Waals surface area contributed by atoms with Crippen LogP contribution in [0.4, 0.5) is 0 Å². The molecule has 0 saturated carbocycles. The van der Waals surface area contributed by atoms with Crippen LogP contribution in [0.5, 0.6) is 0 Å². The van der Waals surface area contributed by atoms with E-state index in [1.54, 1.807) is 84.9 Å². The molecule has 0 aliphatic rings. The Hall–Kier alpha value is -6.10. The topological polar surface area (TPSA) is 69.2 Å². The second kappa shape index (κ2) is 83.8. The SMILES string of the molecule is CC.CC.CC.CC.CC.CN.C[N+](=O)[O-].[3H]c1ccccc1.[3H]c1ccccc1.[3H]c1ccccc1.[3H]c1ccccc1.[3H]c1ccccc1.[3H]c1ccccc1.[3H]c1ccccc1. The molecule has 7 rings (SSSR count). The summed E-state index contributed by atoms with van der Waals surface area (Å²) in [5.41, 5.74) is 4.50. The van der Waals surface area contributed by atoms with E-state index in [9.17, 15) is 0 Å². The Morgan fingerprint density at radius 3 is 0.362 bits per heavy atom. The standard InChI is InChI=1S/7C6H6.5C2H6.CH3NO2.CH5N/c7*1-2-4-6-5-3-1;5*1-2;1-2(3)4;1-2/h7*1-6H;5*1-2H3;1H3;2H2,1H3/i7*1T;;;;;;;. The van der Waals surface area contributed by atoms with Gasteiger partial charge >= 0.3 is 0 Å². The first-order valence-electron chi connectivity index (χ1n) is 23.3. The molecule has 0 amide bonds. The van der Waals surface area contributed by atoms with Crippen molar-refractivity contribution >= 4 is 0 Å². The lowest BCUT2D eigenvalue weighted by Crippen LogP contribution is -1.79. The fourth-order valence-corrected chi connectivity index (χ4v) is 2.39. The van der Waals surface area contributed by atoms with Gasteiger partial charge in [0.25, 0.3) is 0 Å². The lowest BCUT2D eigenvalue weighted by molar-refractivity contribution is -0.445. The lowest BCUT2D eigenvalue weighted by Gasteiger charge is -1.69. The van der Waals surface area contributed by atoms with Crippen LogP contribution < -0.4 is 5.73 Å². The van der Waals surface area contributed by atoms with E-state index in [0.717, 1.165) is 7.05 Å². The molecule has 4 nitrogen and oxygen atoms in total. The third kappa shape index (κ3) is 92.6. The molecule has 0 unspecified atom stereocenters. The third-order valence-corrected chi connectivity index (χ3v) is 4.25. The zero-order valence-electron chi connectivity index (χ0n) is 44.5. The monoisotopic (exact) mass is 803 g/mol. The molecule has 2 N–H and O–H groups in total. The van der Waals surface area contributed by atoms with E-state index in [1.807, 2.05) is 197 Å². The van der Waals surface area contributed by atoms with Crippen LogP contribution in [-0.2, 0) is 0 Å². The zero-order valence-corrected chi connectivity index (χ0v) is 37.5. The van der Waals surface area contributed by atoms with Gasteiger partial charge in [-0.25, -0.2) is 0 Å². The van der Waals surface area contributed by atoms with Crippen molar-refractivity contribution in [3.05, 3.63) is 265 Å². The Morgan fingerprint density at radius 2 is 0.328 bits per heavy atom. The molecule has 0 atom stereocenters. The van der Waals surface area contributed by atoms with Gasteiger partial charge in [-0.2, -0.15) is 0 Å². The van der Waals surface area contributed by atoms with Crippen molar-refractivity contribution in [2.75, 3.05) is 14.1 Å². The van der Waals surface area contributed by atoms with E-state index in [4.69, 9.17) is 19.7 Å². The largest absolute Gasteiger partial charge is 0.333 e. The highest BCUT2D eigenvalue weighted by Gasteiger charge is 1.61. The summed E-state index contributed by atoms with van der Waals surface area (Å²) in [4.78, 5) is 8.31. The Labute approximate surface area is 367 Å². The van der Waals surface area contributed by atoms with E-state index >= 15 is 0 Å². The molecular weight excluding hydrogens is 709 g/mol. The minimum absolute atomic E-state index is 0.500. The number of hydrogen-bond acceptors (Lipinski definition) is 3. The van der Waals surface area contributed by atoms with Crippen LogP contribution >= 0.6 is 0 Å². The maximum atomic E-state index is 8.81. The van der Waals surface area contributed by atoms with Gasteiger partial charge in [-0.15, -0.1) is 0 Å². The fourth-order valence-electron chi connectivity index (χ4n) is 2.39. The van der Waals surface area contributed by atoms with Crippen molar-refractivity contribution in [3.8, 4) is 0 Å². The second-order valence-electron chi connectivity index (χ2n) is 7.98. The van der Waals surface area contributed by atoms with Crippen molar-refractivity contribution < 1.29 is 14.5 Å². The Morgan fingerprint density at radius 1 is 0.276 bits per heavy atom. The highest BCUT2D eigenvalue weighted by molar-refractivity contribution is 5.02. The van der Waals surface area contributed by atoms with Crippen molar-refractivity contribution in [3.63, 3.8) is 0 Å². The van der Waals surface area contributed by atoms with Crippen LogP contribution in [0.15, 0.2) is 255 Å². The van der Waals surface area contributed by atoms with Crippen molar-refractivity contribution in [1.29, 1.82) is 0 Å². The average molecular weight is 803 g/mol. The molecule has 318 valence electrons. The molecule has 7 aromatic carbocycles. The summed E-state index contributed by atoms with van der Waals surface area (Å²) in [7, 11) is 2.39. The molecule has 0 spiro atoms. The van der Waals surface area contributed by atoms with Gasteiger partial charge in [0.2, 0.25) is 0 Å². The van der Waals surface area contributed by atoms with Crippen LogP contribution in [-0.4, -0.2) is 19.0 Å². The van der Waals surface area contributed by atoms with Gasteiger partial charge in [0.1, 0.15) is 0 Å². The number of rotatable bonds is 0. The maximum Gasteiger partial charge on any atom is 0.194 e. The van der Waals surface area contributed by atoms with Crippen LogP contribution in [0.2, 0.25) is 0 Å². The van der Waals surface area contributed by atoms with E-state index in [0.29, 0.717) is 42.3 Å². The average Bonchev–Trinajstić information content (AvgIpc) is 3.36. The number of benzene rings is 7. The highest BCUT2D eigenvalue weighted by atomic mass is 16.6. The van der Waals surface area contributed by atoms with Crippen LogP contribution in [0, 0.1) is 10.1 Å². The number of nitrogens with zero attached hydrogens (tertiary/aromatic N) is 1. The molecular formula is C54H80N2O2. The van der Waals surface area contributed by atoms with Gasteiger partial charge in [-0.3, -0.25) is 10.1 Å². The molecule has 0 aromatic heterocycles. The molecule has 0 fully saturated rings. The molecule has 0 aliphatic carbocycles. The number of nitro groups is 1. The lowest BCUT2D eigenvalue weighted by atomic mass is 10.4.